The van der Waals surface area contributed by atoms with Crippen molar-refractivity contribution in [1.29, 1.82) is 0 Å². The van der Waals surface area contributed by atoms with Crippen LogP contribution in [0.4, 0.5) is 0 Å². The van der Waals surface area contributed by atoms with Gasteiger partial charge in [0.05, 0.1) is 6.54 Å². The Morgan fingerprint density at radius 3 is 2.83 bits per heavy atom. The van der Waals surface area contributed by atoms with Crippen molar-refractivity contribution in [2.45, 2.75) is 58.2 Å². The first kappa shape index (κ1) is 17.0. The molecule has 2 aromatic rings. The van der Waals surface area contributed by atoms with Crippen LogP contribution in [0.5, 0.6) is 0 Å². The van der Waals surface area contributed by atoms with Crippen molar-refractivity contribution in [1.82, 2.24) is 25.4 Å². The number of guanidine groups is 1. The van der Waals surface area contributed by atoms with Crippen LogP contribution in [0.3, 0.4) is 0 Å². The molecule has 24 heavy (non-hydrogen) atoms. The maximum absolute atomic E-state index is 4.74. The zero-order valence-corrected chi connectivity index (χ0v) is 15.3. The third-order valence-corrected chi connectivity index (χ3v) is 5.39. The van der Waals surface area contributed by atoms with Gasteiger partial charge in [0.25, 0.3) is 0 Å². The molecule has 1 saturated carbocycles. The minimum absolute atomic E-state index is 0.523. The minimum Gasteiger partial charge on any atom is -0.354 e. The molecule has 1 fully saturated rings. The van der Waals surface area contributed by atoms with Crippen LogP contribution in [-0.2, 0) is 20.1 Å². The highest BCUT2D eigenvalue weighted by atomic mass is 32.1. The first-order chi connectivity index (χ1) is 11.7. The predicted molar refractivity (Wildman–Crippen MR) is 98.0 cm³/mol. The molecule has 1 aliphatic rings. The van der Waals surface area contributed by atoms with E-state index < -0.39 is 0 Å². The molecular weight excluding hydrogens is 320 g/mol. The molecule has 6 nitrogen and oxygen atoms in total. The zero-order chi connectivity index (χ0) is 16.8. The lowest BCUT2D eigenvalue weighted by Gasteiger charge is -2.25. The van der Waals surface area contributed by atoms with E-state index in [0.29, 0.717) is 12.6 Å². The van der Waals surface area contributed by atoms with Crippen LogP contribution < -0.4 is 10.6 Å². The van der Waals surface area contributed by atoms with Gasteiger partial charge in [-0.1, -0.05) is 25.3 Å². The summed E-state index contributed by atoms with van der Waals surface area (Å²) in [6, 6.07) is 4.74. The number of aryl methyl sites for hydroxylation is 1. The van der Waals surface area contributed by atoms with Gasteiger partial charge in [-0.3, -0.25) is 0 Å². The number of thiophene rings is 1. The highest BCUT2D eigenvalue weighted by Crippen LogP contribution is 2.17. The van der Waals surface area contributed by atoms with Gasteiger partial charge in [-0.05, 0) is 31.2 Å². The molecule has 0 spiro atoms. The molecule has 0 unspecified atom stereocenters. The van der Waals surface area contributed by atoms with E-state index in [9.17, 15) is 0 Å². The Kier molecular flexibility index (Phi) is 5.85. The monoisotopic (exact) mass is 346 g/mol. The highest BCUT2D eigenvalue weighted by Gasteiger charge is 2.15. The van der Waals surface area contributed by atoms with Crippen LogP contribution in [0.15, 0.2) is 22.5 Å². The SMILES string of the molecule is Cc1nnc(CN=C(NCc2cccs2)NC2CCCCC2)n1C. The van der Waals surface area contributed by atoms with Crippen molar-refractivity contribution in [2.75, 3.05) is 0 Å². The van der Waals surface area contributed by atoms with Crippen molar-refractivity contribution in [3.05, 3.63) is 34.0 Å². The number of aliphatic imine (C=N–C) groups is 1. The van der Waals surface area contributed by atoms with Gasteiger partial charge in [-0.2, -0.15) is 0 Å². The van der Waals surface area contributed by atoms with Crippen LogP contribution in [0.2, 0.25) is 0 Å². The summed E-state index contributed by atoms with van der Waals surface area (Å²) < 4.78 is 1.99. The number of nitrogens with zero attached hydrogens (tertiary/aromatic N) is 4. The second-order valence-electron chi connectivity index (χ2n) is 6.30. The normalized spacial score (nSPS) is 16.3. The van der Waals surface area contributed by atoms with E-state index in [1.807, 2.05) is 18.5 Å². The Morgan fingerprint density at radius 1 is 1.33 bits per heavy atom. The second-order valence-corrected chi connectivity index (χ2v) is 7.33. The fourth-order valence-electron chi connectivity index (χ4n) is 2.92. The topological polar surface area (TPSA) is 67.1 Å². The summed E-state index contributed by atoms with van der Waals surface area (Å²) >= 11 is 1.76. The number of hydrogen-bond acceptors (Lipinski definition) is 4. The zero-order valence-electron chi connectivity index (χ0n) is 14.5. The molecule has 0 saturated heterocycles. The maximum Gasteiger partial charge on any atom is 0.192 e. The van der Waals surface area contributed by atoms with Gasteiger partial charge < -0.3 is 15.2 Å². The van der Waals surface area contributed by atoms with Gasteiger partial charge in [-0.25, -0.2) is 4.99 Å². The lowest BCUT2D eigenvalue weighted by atomic mass is 9.96. The second kappa shape index (κ2) is 8.28. The van der Waals surface area contributed by atoms with Crippen LogP contribution in [0, 0.1) is 6.92 Å². The van der Waals surface area contributed by atoms with E-state index in [1.54, 1.807) is 11.3 Å². The van der Waals surface area contributed by atoms with E-state index in [1.165, 1.54) is 37.0 Å². The molecule has 3 rings (SSSR count). The predicted octanol–water partition coefficient (Wildman–Crippen LogP) is 2.75. The average molecular weight is 347 g/mol. The fraction of sp³-hybridized carbons (Fsp3) is 0.588. The van der Waals surface area contributed by atoms with Gasteiger partial charge >= 0.3 is 0 Å². The van der Waals surface area contributed by atoms with E-state index in [-0.39, 0.29) is 0 Å². The third-order valence-electron chi connectivity index (χ3n) is 4.52. The van der Waals surface area contributed by atoms with Gasteiger partial charge in [0, 0.05) is 18.0 Å². The van der Waals surface area contributed by atoms with E-state index in [0.717, 1.165) is 24.2 Å². The summed E-state index contributed by atoms with van der Waals surface area (Å²) in [6.07, 6.45) is 6.41. The quantitative estimate of drug-likeness (QED) is 0.645. The van der Waals surface area contributed by atoms with Crippen molar-refractivity contribution >= 4 is 17.3 Å². The molecule has 0 aliphatic heterocycles. The molecule has 2 aromatic heterocycles. The van der Waals surface area contributed by atoms with Crippen molar-refractivity contribution in [3.8, 4) is 0 Å². The average Bonchev–Trinajstić information content (AvgIpc) is 3.23. The molecule has 0 bridgehead atoms. The molecular formula is C17H26N6S. The highest BCUT2D eigenvalue weighted by molar-refractivity contribution is 7.09. The van der Waals surface area contributed by atoms with E-state index >= 15 is 0 Å². The molecule has 1 aliphatic carbocycles. The fourth-order valence-corrected chi connectivity index (χ4v) is 3.56. The number of hydrogen-bond donors (Lipinski definition) is 2. The Bertz CT molecular complexity index is 655. The summed E-state index contributed by atoms with van der Waals surface area (Å²) in [4.78, 5) is 6.05. The van der Waals surface area contributed by atoms with Crippen molar-refractivity contribution in [3.63, 3.8) is 0 Å². The molecule has 0 atom stereocenters. The molecule has 2 heterocycles. The lowest BCUT2D eigenvalue weighted by Crippen LogP contribution is -2.44. The molecule has 0 aromatic carbocycles. The number of rotatable bonds is 5. The van der Waals surface area contributed by atoms with E-state index in [4.69, 9.17) is 4.99 Å². The standard InChI is InChI=1S/C17H26N6S/c1-13-21-22-16(23(13)2)12-19-17(18-11-15-9-6-10-24-15)20-14-7-4-3-5-8-14/h6,9-10,14H,3-5,7-8,11-12H2,1-2H3,(H2,18,19,20). The summed E-state index contributed by atoms with van der Waals surface area (Å²) in [7, 11) is 1.98. The maximum atomic E-state index is 4.74. The molecule has 0 amide bonds. The molecule has 130 valence electrons. The number of nitrogens with one attached hydrogen (secondary N) is 2. The molecule has 7 heteroatoms. The van der Waals surface area contributed by atoms with Crippen LogP contribution in [-0.4, -0.2) is 26.8 Å². The smallest absolute Gasteiger partial charge is 0.192 e. The Morgan fingerprint density at radius 2 is 2.17 bits per heavy atom. The third kappa shape index (κ3) is 4.56. The van der Waals surface area contributed by atoms with Gasteiger partial charge in [0.15, 0.2) is 11.8 Å². The van der Waals surface area contributed by atoms with Crippen LogP contribution >= 0.6 is 11.3 Å². The van der Waals surface area contributed by atoms with Crippen molar-refractivity contribution in [2.24, 2.45) is 12.0 Å². The Balaban J connectivity index is 1.65. The van der Waals surface area contributed by atoms with Crippen molar-refractivity contribution < 1.29 is 0 Å². The van der Waals surface area contributed by atoms with Gasteiger partial charge in [0.2, 0.25) is 0 Å². The number of aromatic nitrogens is 3. The summed E-state index contributed by atoms with van der Waals surface area (Å²) in [5.74, 6) is 2.66. The summed E-state index contributed by atoms with van der Waals surface area (Å²) in [6.45, 7) is 3.29. The van der Waals surface area contributed by atoms with E-state index in [2.05, 4.69) is 38.3 Å². The van der Waals surface area contributed by atoms with Gasteiger partial charge in [-0.15, -0.1) is 21.5 Å². The molecule has 2 N–H and O–H groups in total. The first-order valence-electron chi connectivity index (χ1n) is 8.64. The van der Waals surface area contributed by atoms with Gasteiger partial charge in [0.1, 0.15) is 12.4 Å². The minimum atomic E-state index is 0.523. The first-order valence-corrected chi connectivity index (χ1v) is 9.52. The molecule has 0 radical (unpaired) electrons. The summed E-state index contributed by atoms with van der Waals surface area (Å²) in [5, 5.41) is 17.5. The Hall–Kier alpha value is -1.89. The lowest BCUT2D eigenvalue weighted by molar-refractivity contribution is 0.409. The van der Waals surface area contributed by atoms with Crippen LogP contribution in [0.1, 0.15) is 48.6 Å². The summed E-state index contributed by atoms with van der Waals surface area (Å²) in [5.41, 5.74) is 0. The largest absolute Gasteiger partial charge is 0.354 e. The van der Waals surface area contributed by atoms with Crippen LogP contribution in [0.25, 0.3) is 0 Å². The Labute approximate surface area is 147 Å².